The van der Waals surface area contributed by atoms with Crippen LogP contribution in [-0.2, 0) is 13.0 Å². The molecular weight excluding hydrogens is 356 g/mol. The summed E-state index contributed by atoms with van der Waals surface area (Å²) in [7, 11) is 0. The number of H-pyrrole nitrogens is 1. The number of rotatable bonds is 13. The maximum Gasteiger partial charge on any atom is 0.255 e. The summed E-state index contributed by atoms with van der Waals surface area (Å²) >= 11 is 5.32. The zero-order valence-corrected chi connectivity index (χ0v) is 17.3. The van der Waals surface area contributed by atoms with Crippen LogP contribution in [0.2, 0.25) is 0 Å². The molecule has 2 aromatic heterocycles. The summed E-state index contributed by atoms with van der Waals surface area (Å²) in [4.78, 5) is 23.0. The van der Waals surface area contributed by atoms with Crippen LogP contribution in [0.1, 0.15) is 82.3 Å². The first-order valence-corrected chi connectivity index (χ1v) is 10.7. The van der Waals surface area contributed by atoms with E-state index >= 15 is 0 Å². The van der Waals surface area contributed by atoms with Gasteiger partial charge in [0.05, 0.1) is 0 Å². The Balaban J connectivity index is 1.74. The molecule has 0 saturated heterocycles. The quantitative estimate of drug-likeness (QED) is 0.378. The second kappa shape index (κ2) is 12.5. The molecule has 0 fully saturated rings. The highest BCUT2D eigenvalue weighted by Gasteiger charge is 2.05. The largest absolute Gasteiger partial charge is 0.325 e. The lowest BCUT2D eigenvalue weighted by Gasteiger charge is -2.09. The van der Waals surface area contributed by atoms with Crippen LogP contribution in [0.25, 0.3) is 0 Å². The predicted molar refractivity (Wildman–Crippen MR) is 113 cm³/mol. The van der Waals surface area contributed by atoms with Crippen LogP contribution in [0.15, 0.2) is 29.7 Å². The molecule has 0 unspecified atom stereocenters. The fourth-order valence-electron chi connectivity index (χ4n) is 3.26. The van der Waals surface area contributed by atoms with Crippen molar-refractivity contribution >= 4 is 12.2 Å². The molecule has 0 atom stereocenters. The van der Waals surface area contributed by atoms with E-state index in [1.807, 2.05) is 10.8 Å². The number of nitrogens with zero attached hydrogens (tertiary/aromatic N) is 3. The molecule has 0 amide bonds. The molecular formula is C21H32N4OS. The Morgan fingerprint density at radius 2 is 1.56 bits per heavy atom. The van der Waals surface area contributed by atoms with Crippen LogP contribution in [0, 0.1) is 4.77 Å². The Morgan fingerprint density at radius 1 is 0.963 bits per heavy atom. The topological polar surface area (TPSA) is 63.6 Å². The average molecular weight is 389 g/mol. The highest BCUT2D eigenvalue weighted by atomic mass is 32.1. The Labute approximate surface area is 167 Å². The van der Waals surface area contributed by atoms with Crippen molar-refractivity contribution in [3.63, 3.8) is 0 Å². The molecule has 0 aliphatic carbocycles. The van der Waals surface area contributed by atoms with Gasteiger partial charge in [0, 0.05) is 37.1 Å². The minimum Gasteiger partial charge on any atom is -0.325 e. The Morgan fingerprint density at radius 3 is 2.19 bits per heavy atom. The third-order valence-electron chi connectivity index (χ3n) is 4.85. The number of unbranched alkanes of at least 4 members (excludes halogenated alkanes) is 9. The van der Waals surface area contributed by atoms with Gasteiger partial charge in [-0.05, 0) is 24.2 Å². The molecule has 0 spiro atoms. The van der Waals surface area contributed by atoms with Gasteiger partial charge < -0.3 is 4.57 Å². The van der Waals surface area contributed by atoms with E-state index in [1.54, 1.807) is 12.4 Å². The summed E-state index contributed by atoms with van der Waals surface area (Å²) in [5.41, 5.74) is 1.50. The predicted octanol–water partition coefficient (Wildman–Crippen LogP) is 5.21. The molecule has 2 rings (SSSR count). The minimum absolute atomic E-state index is 0.122. The van der Waals surface area contributed by atoms with E-state index in [1.165, 1.54) is 64.1 Å². The lowest BCUT2D eigenvalue weighted by molar-refractivity contribution is 0.528. The maximum absolute atomic E-state index is 12.2. The van der Waals surface area contributed by atoms with Crippen molar-refractivity contribution in [3.05, 3.63) is 51.2 Å². The van der Waals surface area contributed by atoms with Gasteiger partial charge in [0.2, 0.25) is 0 Å². The van der Waals surface area contributed by atoms with Crippen molar-refractivity contribution in [1.82, 2.24) is 19.5 Å². The number of aryl methyl sites for hydroxylation is 1. The molecule has 0 aliphatic rings. The molecule has 2 aromatic rings. The van der Waals surface area contributed by atoms with Gasteiger partial charge in [0.15, 0.2) is 4.77 Å². The molecule has 2 heterocycles. The highest BCUT2D eigenvalue weighted by molar-refractivity contribution is 7.71. The van der Waals surface area contributed by atoms with Gasteiger partial charge in [0.25, 0.3) is 5.56 Å². The second-order valence-electron chi connectivity index (χ2n) is 7.21. The molecule has 0 aromatic carbocycles. The van der Waals surface area contributed by atoms with Crippen LogP contribution in [0.3, 0.4) is 0 Å². The average Bonchev–Trinajstić information content (AvgIpc) is 2.67. The van der Waals surface area contributed by atoms with E-state index in [-0.39, 0.29) is 5.56 Å². The number of nitrogens with one attached hydrogen (secondary N) is 1. The summed E-state index contributed by atoms with van der Waals surface area (Å²) < 4.78 is 2.49. The van der Waals surface area contributed by atoms with E-state index in [2.05, 4.69) is 21.9 Å². The van der Waals surface area contributed by atoms with Gasteiger partial charge >= 0.3 is 0 Å². The first-order valence-electron chi connectivity index (χ1n) is 10.3. The number of hydrogen-bond donors (Lipinski definition) is 1. The van der Waals surface area contributed by atoms with Crippen LogP contribution in [-0.4, -0.2) is 19.5 Å². The fourth-order valence-corrected chi connectivity index (χ4v) is 3.49. The van der Waals surface area contributed by atoms with Crippen LogP contribution in [0.5, 0.6) is 0 Å². The summed E-state index contributed by atoms with van der Waals surface area (Å²) in [6.45, 7) is 3.11. The summed E-state index contributed by atoms with van der Waals surface area (Å²) in [5.74, 6) is 0. The Bertz CT molecular complexity index is 770. The zero-order valence-electron chi connectivity index (χ0n) is 16.5. The molecule has 148 valence electrons. The Kier molecular flexibility index (Phi) is 9.98. The molecule has 5 nitrogen and oxygen atoms in total. The van der Waals surface area contributed by atoms with Crippen molar-refractivity contribution < 1.29 is 0 Å². The van der Waals surface area contributed by atoms with Gasteiger partial charge in [0.1, 0.15) is 6.33 Å². The van der Waals surface area contributed by atoms with Crippen LogP contribution < -0.4 is 5.56 Å². The van der Waals surface area contributed by atoms with Crippen molar-refractivity contribution in [2.75, 3.05) is 0 Å². The normalized spacial score (nSPS) is 11.0. The smallest absolute Gasteiger partial charge is 0.255 e. The van der Waals surface area contributed by atoms with Crippen molar-refractivity contribution in [2.45, 2.75) is 84.1 Å². The van der Waals surface area contributed by atoms with Gasteiger partial charge in [-0.2, -0.15) is 0 Å². The van der Waals surface area contributed by atoms with Crippen molar-refractivity contribution in [1.29, 1.82) is 0 Å². The van der Waals surface area contributed by atoms with Crippen LogP contribution in [0.4, 0.5) is 0 Å². The molecule has 27 heavy (non-hydrogen) atoms. The molecule has 0 radical (unpaired) electrons. The number of hydrogen-bond acceptors (Lipinski definition) is 4. The Hall–Kier alpha value is -1.82. The van der Waals surface area contributed by atoms with Crippen molar-refractivity contribution in [2.24, 2.45) is 0 Å². The van der Waals surface area contributed by atoms with E-state index in [4.69, 9.17) is 12.2 Å². The highest BCUT2D eigenvalue weighted by Crippen LogP contribution is 2.11. The molecule has 0 bridgehead atoms. The molecule has 6 heteroatoms. The monoisotopic (exact) mass is 388 g/mol. The fraction of sp³-hybridized carbons (Fsp3) is 0.619. The summed E-state index contributed by atoms with van der Waals surface area (Å²) in [6.07, 6.45) is 20.4. The first-order chi connectivity index (χ1) is 13.2. The second-order valence-corrected chi connectivity index (χ2v) is 7.60. The molecule has 0 aliphatic heterocycles. The third kappa shape index (κ3) is 8.16. The number of aromatic amines is 1. The minimum atomic E-state index is -0.122. The summed E-state index contributed by atoms with van der Waals surface area (Å²) in [5, 5.41) is 0. The summed E-state index contributed by atoms with van der Waals surface area (Å²) in [6, 6.07) is 0. The van der Waals surface area contributed by atoms with Gasteiger partial charge in [-0.15, -0.1) is 0 Å². The first kappa shape index (κ1) is 21.5. The lowest BCUT2D eigenvalue weighted by atomic mass is 10.1. The van der Waals surface area contributed by atoms with Gasteiger partial charge in [-0.3, -0.25) is 9.78 Å². The van der Waals surface area contributed by atoms with E-state index < -0.39 is 0 Å². The van der Waals surface area contributed by atoms with Crippen molar-refractivity contribution in [3.8, 4) is 0 Å². The SMILES string of the molecule is CCCCCCCCCCCCn1cc(Cc2cncnc2)c(=O)[nH]c1=S. The zero-order chi connectivity index (χ0) is 19.3. The third-order valence-corrected chi connectivity index (χ3v) is 5.18. The van der Waals surface area contributed by atoms with E-state index in [0.717, 1.165) is 18.5 Å². The standard InChI is InChI=1S/C21H32N4OS/c1-2-3-4-5-6-7-8-9-10-11-12-25-16-19(20(26)24-21(25)27)13-18-14-22-17-23-15-18/h14-17H,2-13H2,1H3,(H,24,26,27). The lowest BCUT2D eigenvalue weighted by Crippen LogP contribution is -2.18. The van der Waals surface area contributed by atoms with E-state index in [9.17, 15) is 4.79 Å². The molecule has 0 saturated carbocycles. The number of aromatic nitrogens is 4. The van der Waals surface area contributed by atoms with E-state index in [0.29, 0.717) is 16.8 Å². The van der Waals surface area contributed by atoms with Crippen LogP contribution >= 0.6 is 12.2 Å². The van der Waals surface area contributed by atoms with Gasteiger partial charge in [-0.25, -0.2) is 9.97 Å². The van der Waals surface area contributed by atoms with Gasteiger partial charge in [-0.1, -0.05) is 64.7 Å². The maximum atomic E-state index is 12.2. The molecule has 1 N–H and O–H groups in total.